The van der Waals surface area contributed by atoms with E-state index < -0.39 is 5.60 Å². The fourth-order valence-electron chi connectivity index (χ4n) is 3.73. The van der Waals surface area contributed by atoms with Crippen LogP contribution in [0.15, 0.2) is 42.5 Å². The largest absolute Gasteiger partial charge is 0.457 e. The first-order valence-electron chi connectivity index (χ1n) is 10.6. The molecule has 0 unspecified atom stereocenters. The first-order valence-corrected chi connectivity index (χ1v) is 10.6. The highest BCUT2D eigenvalue weighted by molar-refractivity contribution is 6.07. The molecular formula is C24H29N5O3. The smallest absolute Gasteiger partial charge is 0.152 e. The molecule has 0 bridgehead atoms. The molecule has 2 aromatic heterocycles. The van der Waals surface area contributed by atoms with E-state index in [9.17, 15) is 5.11 Å². The van der Waals surface area contributed by atoms with Crippen molar-refractivity contribution in [2.75, 3.05) is 12.3 Å². The van der Waals surface area contributed by atoms with Crippen molar-refractivity contribution >= 4 is 27.8 Å². The lowest BCUT2D eigenvalue weighted by molar-refractivity contribution is 0.0582. The minimum atomic E-state index is -0.948. The van der Waals surface area contributed by atoms with Crippen LogP contribution < -0.4 is 16.2 Å². The molecule has 0 amide bonds. The minimum Gasteiger partial charge on any atom is -0.457 e. The normalized spacial score (nSPS) is 12.0. The standard InChI is InChI=1S/C24H29N5O3/c1-4-31-13-20-28-21-22(29(20)14-24(2,3)30)18-9-8-17(11-19(18)27-23(21)26)32-16-7-5-6-15(10-16)12-25/h5-11,30H,4,12-14,25H2,1-3H3,(H2,26,27). The predicted octanol–water partition coefficient (Wildman–Crippen LogP) is 3.73. The monoisotopic (exact) mass is 435 g/mol. The Morgan fingerprint density at radius 1 is 1.09 bits per heavy atom. The summed E-state index contributed by atoms with van der Waals surface area (Å²) in [6.07, 6.45) is 0. The SMILES string of the molecule is CCOCc1nc2c(N)nc3cc(Oc4cccc(CN)c4)ccc3c2n1CC(C)(C)O. The van der Waals surface area contributed by atoms with Crippen LogP contribution in [0.3, 0.4) is 0 Å². The molecule has 2 heterocycles. The highest BCUT2D eigenvalue weighted by Gasteiger charge is 2.22. The van der Waals surface area contributed by atoms with Crippen molar-refractivity contribution < 1.29 is 14.6 Å². The van der Waals surface area contributed by atoms with Gasteiger partial charge in [0.05, 0.1) is 23.2 Å². The van der Waals surface area contributed by atoms with E-state index in [2.05, 4.69) is 9.97 Å². The maximum atomic E-state index is 10.5. The number of imidazole rings is 1. The van der Waals surface area contributed by atoms with Gasteiger partial charge in [0.1, 0.15) is 29.4 Å². The molecular weight excluding hydrogens is 406 g/mol. The molecule has 4 rings (SSSR count). The van der Waals surface area contributed by atoms with Gasteiger partial charge < -0.3 is 30.6 Å². The van der Waals surface area contributed by atoms with E-state index >= 15 is 0 Å². The van der Waals surface area contributed by atoms with Gasteiger partial charge in [0.15, 0.2) is 5.82 Å². The van der Waals surface area contributed by atoms with Crippen LogP contribution in [-0.4, -0.2) is 31.8 Å². The molecule has 0 aliphatic carbocycles. The summed E-state index contributed by atoms with van der Waals surface area (Å²) in [5.41, 5.74) is 14.2. The number of pyridine rings is 1. The van der Waals surface area contributed by atoms with Gasteiger partial charge in [-0.2, -0.15) is 0 Å². The van der Waals surface area contributed by atoms with E-state index in [0.717, 1.165) is 16.5 Å². The Morgan fingerprint density at radius 3 is 2.59 bits per heavy atom. The Labute approximate surface area is 186 Å². The van der Waals surface area contributed by atoms with E-state index in [1.54, 1.807) is 13.8 Å². The molecule has 0 saturated carbocycles. The lowest BCUT2D eigenvalue weighted by Gasteiger charge is -2.20. The molecule has 4 aromatic rings. The van der Waals surface area contributed by atoms with E-state index in [4.69, 9.17) is 20.9 Å². The summed E-state index contributed by atoms with van der Waals surface area (Å²) in [7, 11) is 0. The van der Waals surface area contributed by atoms with Gasteiger partial charge in [-0.05, 0) is 50.6 Å². The summed E-state index contributed by atoms with van der Waals surface area (Å²) in [5.74, 6) is 2.36. The number of nitrogens with zero attached hydrogens (tertiary/aromatic N) is 3. The first kappa shape index (κ1) is 22.0. The molecule has 0 aliphatic heterocycles. The van der Waals surface area contributed by atoms with Crippen molar-refractivity contribution in [3.8, 4) is 11.5 Å². The fourth-order valence-corrected chi connectivity index (χ4v) is 3.73. The van der Waals surface area contributed by atoms with Crippen molar-refractivity contribution in [1.29, 1.82) is 0 Å². The molecule has 8 nitrogen and oxygen atoms in total. The molecule has 0 atom stereocenters. The number of rotatable bonds is 8. The molecule has 168 valence electrons. The van der Waals surface area contributed by atoms with Crippen LogP contribution in [0.4, 0.5) is 5.82 Å². The molecule has 8 heteroatoms. The summed E-state index contributed by atoms with van der Waals surface area (Å²) < 4.78 is 13.6. The summed E-state index contributed by atoms with van der Waals surface area (Å²) in [5, 5.41) is 11.4. The van der Waals surface area contributed by atoms with Crippen LogP contribution in [0.2, 0.25) is 0 Å². The lowest BCUT2D eigenvalue weighted by atomic mass is 10.1. The number of aromatic nitrogens is 3. The molecule has 0 spiro atoms. The van der Waals surface area contributed by atoms with Crippen molar-refractivity contribution in [2.24, 2.45) is 5.73 Å². The van der Waals surface area contributed by atoms with Crippen molar-refractivity contribution in [1.82, 2.24) is 14.5 Å². The predicted molar refractivity (Wildman–Crippen MR) is 125 cm³/mol. The van der Waals surface area contributed by atoms with E-state index in [1.807, 2.05) is 54.0 Å². The van der Waals surface area contributed by atoms with Gasteiger partial charge in [0, 0.05) is 24.6 Å². The number of hydrogen-bond acceptors (Lipinski definition) is 7. The topological polar surface area (TPSA) is 121 Å². The average molecular weight is 436 g/mol. The molecule has 0 fully saturated rings. The van der Waals surface area contributed by atoms with Crippen LogP contribution in [0.25, 0.3) is 21.9 Å². The van der Waals surface area contributed by atoms with Gasteiger partial charge in [0.2, 0.25) is 0 Å². The summed E-state index contributed by atoms with van der Waals surface area (Å²) >= 11 is 0. The zero-order valence-electron chi connectivity index (χ0n) is 18.6. The zero-order chi connectivity index (χ0) is 22.9. The van der Waals surface area contributed by atoms with Gasteiger partial charge in [0.25, 0.3) is 0 Å². The molecule has 32 heavy (non-hydrogen) atoms. The zero-order valence-corrected chi connectivity index (χ0v) is 18.6. The maximum Gasteiger partial charge on any atom is 0.152 e. The maximum absolute atomic E-state index is 10.5. The number of fused-ring (bicyclic) bond motifs is 3. The van der Waals surface area contributed by atoms with Crippen LogP contribution in [0, 0.1) is 0 Å². The molecule has 2 aromatic carbocycles. The van der Waals surface area contributed by atoms with Gasteiger partial charge >= 0.3 is 0 Å². The van der Waals surface area contributed by atoms with E-state index in [0.29, 0.717) is 60.5 Å². The number of ether oxygens (including phenoxy) is 2. The number of anilines is 1. The van der Waals surface area contributed by atoms with E-state index in [-0.39, 0.29) is 0 Å². The third-order valence-corrected chi connectivity index (χ3v) is 5.10. The van der Waals surface area contributed by atoms with Gasteiger partial charge in [-0.1, -0.05) is 12.1 Å². The molecule has 5 N–H and O–H groups in total. The fraction of sp³-hybridized carbons (Fsp3) is 0.333. The van der Waals surface area contributed by atoms with Crippen molar-refractivity contribution in [2.45, 2.75) is 46.1 Å². The number of nitrogen functional groups attached to an aromatic ring is 1. The van der Waals surface area contributed by atoms with Gasteiger partial charge in [-0.3, -0.25) is 0 Å². The summed E-state index contributed by atoms with van der Waals surface area (Å²) in [6, 6.07) is 13.3. The van der Waals surface area contributed by atoms with Crippen LogP contribution in [0.5, 0.6) is 11.5 Å². The second-order valence-electron chi connectivity index (χ2n) is 8.39. The van der Waals surface area contributed by atoms with Crippen molar-refractivity contribution in [3.05, 3.63) is 53.9 Å². The lowest BCUT2D eigenvalue weighted by Crippen LogP contribution is -2.27. The molecule has 0 aliphatic rings. The average Bonchev–Trinajstić information content (AvgIpc) is 3.09. The number of hydrogen-bond donors (Lipinski definition) is 3. The number of benzene rings is 2. The molecule has 0 radical (unpaired) electrons. The molecule has 0 saturated heterocycles. The van der Waals surface area contributed by atoms with E-state index in [1.165, 1.54) is 0 Å². The number of nitrogens with two attached hydrogens (primary N) is 2. The Hall–Kier alpha value is -3.20. The second-order valence-corrected chi connectivity index (χ2v) is 8.39. The van der Waals surface area contributed by atoms with Crippen LogP contribution >= 0.6 is 0 Å². The van der Waals surface area contributed by atoms with Gasteiger partial charge in [-0.25, -0.2) is 9.97 Å². The van der Waals surface area contributed by atoms with Crippen molar-refractivity contribution in [3.63, 3.8) is 0 Å². The Bertz CT molecular complexity index is 1260. The quantitative estimate of drug-likeness (QED) is 0.385. The number of aliphatic hydroxyl groups is 1. The Morgan fingerprint density at radius 2 is 1.88 bits per heavy atom. The minimum absolute atomic E-state index is 0.320. The summed E-state index contributed by atoms with van der Waals surface area (Å²) in [4.78, 5) is 9.26. The third-order valence-electron chi connectivity index (χ3n) is 5.10. The summed E-state index contributed by atoms with van der Waals surface area (Å²) in [6.45, 7) is 7.12. The first-order chi connectivity index (χ1) is 15.3. The highest BCUT2D eigenvalue weighted by Crippen LogP contribution is 2.33. The van der Waals surface area contributed by atoms with Crippen LogP contribution in [-0.2, 0) is 24.4 Å². The Kier molecular flexibility index (Phi) is 6.01. The Balaban J connectivity index is 1.83. The van der Waals surface area contributed by atoms with Gasteiger partial charge in [-0.15, -0.1) is 0 Å². The third kappa shape index (κ3) is 4.52. The highest BCUT2D eigenvalue weighted by atomic mass is 16.5. The van der Waals surface area contributed by atoms with Crippen LogP contribution in [0.1, 0.15) is 32.2 Å². The second kappa shape index (κ2) is 8.74.